The molecule has 2 nitrogen and oxygen atoms in total. The van der Waals surface area contributed by atoms with Gasteiger partial charge in [0.15, 0.2) is 0 Å². The van der Waals surface area contributed by atoms with E-state index in [9.17, 15) is 0 Å². The molecule has 1 N–H and O–H groups in total. The minimum atomic E-state index is 0.106. The zero-order valence-electron chi connectivity index (χ0n) is 8.66. The topological polar surface area (TPSA) is 29.5 Å². The van der Waals surface area contributed by atoms with Gasteiger partial charge >= 0.3 is 0 Å². The van der Waals surface area contributed by atoms with Crippen LogP contribution < -0.4 is 4.74 Å². The molecule has 1 rings (SSSR count). The largest absolute Gasteiger partial charge is 0.496 e. The van der Waals surface area contributed by atoms with Gasteiger partial charge in [0.2, 0.25) is 0 Å². The van der Waals surface area contributed by atoms with Crippen molar-refractivity contribution in [3.63, 3.8) is 0 Å². The minimum absolute atomic E-state index is 0.106. The second-order valence-corrected chi connectivity index (χ2v) is 3.06. The summed E-state index contributed by atoms with van der Waals surface area (Å²) >= 11 is 0. The Hall–Kier alpha value is -1.28. The second-order valence-electron chi connectivity index (χ2n) is 3.06. The smallest absolute Gasteiger partial charge is 0.126 e. The van der Waals surface area contributed by atoms with Gasteiger partial charge in [-0.05, 0) is 24.1 Å². The molecule has 2 heteroatoms. The summed E-state index contributed by atoms with van der Waals surface area (Å²) in [5.74, 6) is 0.840. The minimum Gasteiger partial charge on any atom is -0.496 e. The molecule has 0 aliphatic heterocycles. The number of rotatable bonds is 4. The molecule has 14 heavy (non-hydrogen) atoms. The van der Waals surface area contributed by atoms with Crippen molar-refractivity contribution in [2.24, 2.45) is 0 Å². The number of benzene rings is 1. The van der Waals surface area contributed by atoms with E-state index in [-0.39, 0.29) is 6.61 Å². The lowest BCUT2D eigenvalue weighted by Crippen LogP contribution is -1.90. The van der Waals surface area contributed by atoms with Crippen molar-refractivity contribution in [1.82, 2.24) is 0 Å². The predicted molar refractivity (Wildman–Crippen MR) is 58.3 cm³/mol. The molecule has 0 amide bonds. The van der Waals surface area contributed by atoms with E-state index in [0.29, 0.717) is 0 Å². The Morgan fingerprint density at radius 1 is 1.43 bits per heavy atom. The van der Waals surface area contributed by atoms with Gasteiger partial charge in [0.05, 0.1) is 13.7 Å². The van der Waals surface area contributed by atoms with Gasteiger partial charge in [-0.2, -0.15) is 0 Å². The van der Waals surface area contributed by atoms with Crippen LogP contribution in [-0.2, 0) is 0 Å². The van der Waals surface area contributed by atoms with Crippen molar-refractivity contribution in [3.05, 3.63) is 35.4 Å². The summed E-state index contributed by atoms with van der Waals surface area (Å²) in [6.07, 6.45) is 2.83. The molecule has 0 atom stereocenters. The average molecular weight is 192 g/mol. The van der Waals surface area contributed by atoms with Gasteiger partial charge in [-0.3, -0.25) is 0 Å². The van der Waals surface area contributed by atoms with Crippen LogP contribution in [0.15, 0.2) is 29.8 Å². The maximum Gasteiger partial charge on any atom is 0.126 e. The lowest BCUT2D eigenvalue weighted by Gasteiger charge is -2.05. The van der Waals surface area contributed by atoms with Crippen LogP contribution in [0.1, 0.15) is 18.9 Å². The molecule has 0 unspecified atom stereocenters. The van der Waals surface area contributed by atoms with Gasteiger partial charge in [-0.25, -0.2) is 0 Å². The van der Waals surface area contributed by atoms with Crippen LogP contribution in [-0.4, -0.2) is 18.8 Å². The first-order chi connectivity index (χ1) is 6.81. The number of methoxy groups -OCH3 is 1. The molecule has 0 spiro atoms. The zero-order chi connectivity index (χ0) is 10.4. The normalized spacial score (nSPS) is 11.5. The Kier molecular flexibility index (Phi) is 4.20. The lowest BCUT2D eigenvalue weighted by molar-refractivity contribution is 0.329. The number of hydrogen-bond donors (Lipinski definition) is 1. The van der Waals surface area contributed by atoms with Crippen LogP contribution in [0, 0.1) is 0 Å². The van der Waals surface area contributed by atoms with Gasteiger partial charge < -0.3 is 9.84 Å². The van der Waals surface area contributed by atoms with Gasteiger partial charge in [0.25, 0.3) is 0 Å². The molecule has 0 heterocycles. The van der Waals surface area contributed by atoms with E-state index in [0.717, 1.165) is 23.3 Å². The van der Waals surface area contributed by atoms with Crippen LogP contribution in [0.25, 0.3) is 6.08 Å². The first-order valence-electron chi connectivity index (χ1n) is 4.75. The Morgan fingerprint density at radius 2 is 2.14 bits per heavy atom. The summed E-state index contributed by atoms with van der Waals surface area (Å²) in [4.78, 5) is 0. The number of hydrogen-bond acceptors (Lipinski definition) is 2. The molecule has 0 saturated carbocycles. The highest BCUT2D eigenvalue weighted by Gasteiger charge is 1.99. The van der Waals surface area contributed by atoms with E-state index in [1.165, 1.54) is 0 Å². The van der Waals surface area contributed by atoms with E-state index in [2.05, 4.69) is 0 Å². The Morgan fingerprint density at radius 3 is 2.71 bits per heavy atom. The highest BCUT2D eigenvalue weighted by atomic mass is 16.5. The van der Waals surface area contributed by atoms with E-state index in [4.69, 9.17) is 9.84 Å². The van der Waals surface area contributed by atoms with Crippen molar-refractivity contribution in [2.45, 2.75) is 13.3 Å². The maximum absolute atomic E-state index is 9.04. The molecule has 0 aliphatic rings. The van der Waals surface area contributed by atoms with Crippen LogP contribution >= 0.6 is 0 Å². The summed E-state index contributed by atoms with van der Waals surface area (Å²) in [5, 5.41) is 9.04. The van der Waals surface area contributed by atoms with Crippen LogP contribution in [0.3, 0.4) is 0 Å². The quantitative estimate of drug-likeness (QED) is 0.794. The van der Waals surface area contributed by atoms with Gasteiger partial charge in [0.1, 0.15) is 5.75 Å². The SMILES string of the molecule is CCC(=Cc1ccccc1OC)CO. The molecule has 0 bridgehead atoms. The summed E-state index contributed by atoms with van der Waals surface area (Å²) in [6, 6.07) is 7.78. The molecule has 1 aromatic rings. The van der Waals surface area contributed by atoms with Gasteiger partial charge in [-0.1, -0.05) is 25.1 Å². The standard InChI is InChI=1S/C12H16O2/c1-3-10(9-13)8-11-6-4-5-7-12(11)14-2/h4-8,13H,3,9H2,1-2H3. The molecule has 0 aromatic heterocycles. The van der Waals surface area contributed by atoms with Crippen molar-refractivity contribution in [2.75, 3.05) is 13.7 Å². The Balaban J connectivity index is 3.00. The van der Waals surface area contributed by atoms with Crippen LogP contribution in [0.5, 0.6) is 5.75 Å². The lowest BCUT2D eigenvalue weighted by atomic mass is 10.1. The highest BCUT2D eigenvalue weighted by molar-refractivity contribution is 5.59. The van der Waals surface area contributed by atoms with E-state index in [1.54, 1.807) is 7.11 Å². The van der Waals surface area contributed by atoms with E-state index >= 15 is 0 Å². The summed E-state index contributed by atoms with van der Waals surface area (Å²) in [5.41, 5.74) is 2.02. The molecule has 76 valence electrons. The fourth-order valence-electron chi connectivity index (χ4n) is 1.27. The third-order valence-corrected chi connectivity index (χ3v) is 2.16. The van der Waals surface area contributed by atoms with Crippen molar-refractivity contribution in [3.8, 4) is 5.75 Å². The number of para-hydroxylation sites is 1. The molecular formula is C12H16O2. The van der Waals surface area contributed by atoms with Crippen LogP contribution in [0.4, 0.5) is 0 Å². The predicted octanol–water partition coefficient (Wildman–Crippen LogP) is 2.48. The Bertz CT molecular complexity index is 310. The second kappa shape index (κ2) is 5.45. The summed E-state index contributed by atoms with van der Waals surface area (Å²) < 4.78 is 5.21. The highest BCUT2D eigenvalue weighted by Crippen LogP contribution is 2.20. The first-order valence-corrected chi connectivity index (χ1v) is 4.75. The van der Waals surface area contributed by atoms with Crippen molar-refractivity contribution >= 4 is 6.08 Å². The third-order valence-electron chi connectivity index (χ3n) is 2.16. The summed E-state index contributed by atoms with van der Waals surface area (Å²) in [6.45, 7) is 2.13. The maximum atomic E-state index is 9.04. The molecule has 1 aromatic carbocycles. The molecular weight excluding hydrogens is 176 g/mol. The summed E-state index contributed by atoms with van der Waals surface area (Å²) in [7, 11) is 1.65. The average Bonchev–Trinajstić information content (AvgIpc) is 2.26. The van der Waals surface area contributed by atoms with Crippen molar-refractivity contribution < 1.29 is 9.84 Å². The molecule has 0 saturated heterocycles. The Labute approximate surface area is 84.8 Å². The molecule has 0 aliphatic carbocycles. The zero-order valence-corrected chi connectivity index (χ0v) is 8.66. The van der Waals surface area contributed by atoms with Gasteiger partial charge in [0, 0.05) is 5.56 Å². The van der Waals surface area contributed by atoms with Crippen LogP contribution in [0.2, 0.25) is 0 Å². The molecule has 0 radical (unpaired) electrons. The van der Waals surface area contributed by atoms with E-state index in [1.807, 2.05) is 37.3 Å². The van der Waals surface area contributed by atoms with Gasteiger partial charge in [-0.15, -0.1) is 0 Å². The number of ether oxygens (including phenoxy) is 1. The molecule has 0 fully saturated rings. The number of aliphatic hydroxyl groups excluding tert-OH is 1. The monoisotopic (exact) mass is 192 g/mol. The first kappa shape index (κ1) is 10.8. The fourth-order valence-corrected chi connectivity index (χ4v) is 1.27. The van der Waals surface area contributed by atoms with E-state index < -0.39 is 0 Å². The fraction of sp³-hybridized carbons (Fsp3) is 0.333. The van der Waals surface area contributed by atoms with Crippen molar-refractivity contribution in [1.29, 1.82) is 0 Å². The number of aliphatic hydroxyl groups is 1. The third kappa shape index (κ3) is 2.60.